The summed E-state index contributed by atoms with van der Waals surface area (Å²) in [7, 11) is 0. The first kappa shape index (κ1) is 18.6. The fraction of sp³-hybridized carbons (Fsp3) is 0.300. The van der Waals surface area contributed by atoms with Crippen LogP contribution in [0.4, 0.5) is 0 Å². The Morgan fingerprint density at radius 2 is 1.96 bits per heavy atom. The van der Waals surface area contributed by atoms with Gasteiger partial charge in [0.25, 0.3) is 0 Å². The Morgan fingerprint density at radius 1 is 1.18 bits per heavy atom. The van der Waals surface area contributed by atoms with E-state index in [4.69, 9.17) is 9.84 Å². The highest BCUT2D eigenvalue weighted by Crippen LogP contribution is 2.28. The Balaban J connectivity index is 1.55. The summed E-state index contributed by atoms with van der Waals surface area (Å²) >= 11 is 1.58. The van der Waals surface area contributed by atoms with Crippen molar-refractivity contribution >= 4 is 17.7 Å². The predicted octanol–water partition coefficient (Wildman–Crippen LogP) is 3.51. The molecule has 144 valence electrons. The van der Waals surface area contributed by atoms with Crippen LogP contribution in [-0.2, 0) is 17.0 Å². The molecule has 0 amide bonds. The maximum absolute atomic E-state index is 11.0. The number of carbonyl (C=O) groups is 1. The monoisotopic (exact) mass is 396 g/mol. The van der Waals surface area contributed by atoms with Crippen molar-refractivity contribution < 1.29 is 14.6 Å². The van der Waals surface area contributed by atoms with Crippen LogP contribution < -0.4 is 0 Å². The molecule has 1 fully saturated rings. The maximum atomic E-state index is 11.0. The van der Waals surface area contributed by atoms with Gasteiger partial charge >= 0.3 is 5.97 Å². The van der Waals surface area contributed by atoms with Gasteiger partial charge in [-0.25, -0.2) is 4.79 Å². The zero-order chi connectivity index (χ0) is 19.3. The highest BCUT2D eigenvalue weighted by Gasteiger charge is 2.21. The van der Waals surface area contributed by atoms with Crippen molar-refractivity contribution in [3.05, 3.63) is 59.9 Å². The third-order valence-corrected chi connectivity index (χ3v) is 5.67. The molecule has 3 heterocycles. The van der Waals surface area contributed by atoms with Crippen LogP contribution in [0.1, 0.15) is 28.8 Å². The normalized spacial score (nSPS) is 16.4. The summed E-state index contributed by atoms with van der Waals surface area (Å²) in [6, 6.07) is 10.8. The standard InChI is InChI=1S/C20H20N4O3S/c25-19(26)16-5-3-14(4-6-16)13-28-20-23-22-18(15-7-9-21-10-8-15)24(20)12-17-2-1-11-27-17/h3-10,17H,1-2,11-13H2,(H,25,26)/t17-/m0/s1. The Bertz CT molecular complexity index is 938. The lowest BCUT2D eigenvalue weighted by atomic mass is 10.1. The van der Waals surface area contributed by atoms with Gasteiger partial charge in [0.15, 0.2) is 11.0 Å². The summed E-state index contributed by atoms with van der Waals surface area (Å²) in [5, 5.41) is 18.7. The van der Waals surface area contributed by atoms with Gasteiger partial charge in [0.2, 0.25) is 0 Å². The third-order valence-electron chi connectivity index (χ3n) is 4.63. The zero-order valence-electron chi connectivity index (χ0n) is 15.2. The van der Waals surface area contributed by atoms with Gasteiger partial charge in [-0.2, -0.15) is 0 Å². The van der Waals surface area contributed by atoms with Gasteiger partial charge in [-0.1, -0.05) is 23.9 Å². The molecule has 3 aromatic rings. The third kappa shape index (κ3) is 4.23. The van der Waals surface area contributed by atoms with E-state index < -0.39 is 5.97 Å². The maximum Gasteiger partial charge on any atom is 0.335 e. The molecular formula is C20H20N4O3S. The molecule has 8 heteroatoms. The van der Waals surface area contributed by atoms with Gasteiger partial charge in [-0.3, -0.25) is 9.55 Å². The largest absolute Gasteiger partial charge is 0.478 e. The number of carboxylic acid groups (broad SMARTS) is 1. The summed E-state index contributed by atoms with van der Waals surface area (Å²) in [6.07, 6.45) is 5.78. The number of hydrogen-bond donors (Lipinski definition) is 1. The second-order valence-corrected chi connectivity index (χ2v) is 7.52. The first-order valence-corrected chi connectivity index (χ1v) is 10.1. The number of ether oxygens (including phenoxy) is 1. The summed E-state index contributed by atoms with van der Waals surface area (Å²) in [5.41, 5.74) is 2.29. The summed E-state index contributed by atoms with van der Waals surface area (Å²) < 4.78 is 7.93. The second-order valence-electron chi connectivity index (χ2n) is 6.58. The molecule has 0 spiro atoms. The van der Waals surface area contributed by atoms with E-state index in [1.807, 2.05) is 24.3 Å². The van der Waals surface area contributed by atoms with Crippen LogP contribution in [0.25, 0.3) is 11.4 Å². The fourth-order valence-electron chi connectivity index (χ4n) is 3.16. The van der Waals surface area contributed by atoms with Gasteiger partial charge in [-0.05, 0) is 42.7 Å². The van der Waals surface area contributed by atoms with Crippen LogP contribution in [0, 0.1) is 0 Å². The lowest BCUT2D eigenvalue weighted by molar-refractivity contribution is 0.0697. The van der Waals surface area contributed by atoms with Crippen LogP contribution in [-0.4, -0.2) is 43.5 Å². The van der Waals surface area contributed by atoms with E-state index in [0.29, 0.717) is 12.3 Å². The summed E-state index contributed by atoms with van der Waals surface area (Å²) in [6.45, 7) is 1.51. The number of thioether (sulfide) groups is 1. The van der Waals surface area contributed by atoms with E-state index in [1.54, 1.807) is 36.3 Å². The van der Waals surface area contributed by atoms with Crippen LogP contribution in [0.2, 0.25) is 0 Å². The van der Waals surface area contributed by atoms with E-state index in [-0.39, 0.29) is 11.7 Å². The Hall–Kier alpha value is -2.71. The van der Waals surface area contributed by atoms with E-state index in [1.165, 1.54) is 0 Å². The molecule has 1 aromatic carbocycles. The molecule has 0 unspecified atom stereocenters. The van der Waals surface area contributed by atoms with Gasteiger partial charge in [0.05, 0.1) is 18.2 Å². The highest BCUT2D eigenvalue weighted by molar-refractivity contribution is 7.98. The van der Waals surface area contributed by atoms with Crippen molar-refractivity contribution in [3.63, 3.8) is 0 Å². The number of aromatic nitrogens is 4. The number of aromatic carboxylic acids is 1. The number of carboxylic acids is 1. The minimum Gasteiger partial charge on any atom is -0.478 e. The van der Waals surface area contributed by atoms with Crippen LogP contribution in [0.15, 0.2) is 53.9 Å². The molecule has 1 aliphatic rings. The SMILES string of the molecule is O=C(O)c1ccc(CSc2nnc(-c3ccncc3)n2C[C@@H]2CCCO2)cc1. The minimum atomic E-state index is -0.919. The smallest absolute Gasteiger partial charge is 0.335 e. The molecule has 0 aliphatic carbocycles. The molecule has 7 nitrogen and oxygen atoms in total. The van der Waals surface area contributed by atoms with Crippen molar-refractivity contribution in [2.24, 2.45) is 0 Å². The van der Waals surface area contributed by atoms with Gasteiger partial charge in [0.1, 0.15) is 0 Å². The van der Waals surface area contributed by atoms with Crippen LogP contribution >= 0.6 is 11.8 Å². The second kappa shape index (κ2) is 8.53. The average molecular weight is 396 g/mol. The molecule has 0 radical (unpaired) electrons. The Kier molecular flexibility index (Phi) is 5.68. The first-order valence-electron chi connectivity index (χ1n) is 9.11. The van der Waals surface area contributed by atoms with Gasteiger partial charge < -0.3 is 9.84 Å². The van der Waals surface area contributed by atoms with Gasteiger partial charge in [-0.15, -0.1) is 10.2 Å². The molecule has 2 aromatic heterocycles. The van der Waals surface area contributed by atoms with Crippen LogP contribution in [0.5, 0.6) is 0 Å². The summed E-state index contributed by atoms with van der Waals surface area (Å²) in [5.74, 6) is 0.569. The average Bonchev–Trinajstić information content (AvgIpc) is 3.38. The minimum absolute atomic E-state index is 0.172. The van der Waals surface area contributed by atoms with E-state index in [9.17, 15) is 4.79 Å². The van der Waals surface area contributed by atoms with Crippen molar-refractivity contribution in [1.29, 1.82) is 0 Å². The number of rotatable bonds is 7. The highest BCUT2D eigenvalue weighted by atomic mass is 32.2. The number of pyridine rings is 1. The lowest BCUT2D eigenvalue weighted by Crippen LogP contribution is -2.16. The lowest BCUT2D eigenvalue weighted by Gasteiger charge is -2.14. The molecule has 0 saturated carbocycles. The van der Waals surface area contributed by atoms with Crippen molar-refractivity contribution in [1.82, 2.24) is 19.7 Å². The van der Waals surface area contributed by atoms with Crippen LogP contribution in [0.3, 0.4) is 0 Å². The van der Waals surface area contributed by atoms with Crippen molar-refractivity contribution in [2.75, 3.05) is 6.61 Å². The Labute approximate surface area is 166 Å². The van der Waals surface area contributed by atoms with E-state index in [2.05, 4.69) is 19.7 Å². The number of hydrogen-bond acceptors (Lipinski definition) is 6. The van der Waals surface area contributed by atoms with Gasteiger partial charge in [0, 0.05) is 30.3 Å². The number of nitrogens with zero attached hydrogens (tertiary/aromatic N) is 4. The number of benzene rings is 1. The predicted molar refractivity (Wildman–Crippen MR) is 105 cm³/mol. The molecule has 28 heavy (non-hydrogen) atoms. The molecular weight excluding hydrogens is 376 g/mol. The molecule has 1 aliphatic heterocycles. The first-order chi connectivity index (χ1) is 13.7. The topological polar surface area (TPSA) is 90.1 Å². The fourth-order valence-corrected chi connectivity index (χ4v) is 4.06. The Morgan fingerprint density at radius 3 is 2.64 bits per heavy atom. The molecule has 4 rings (SSSR count). The zero-order valence-corrected chi connectivity index (χ0v) is 16.0. The summed E-state index contributed by atoms with van der Waals surface area (Å²) in [4.78, 5) is 15.1. The van der Waals surface area contributed by atoms with E-state index >= 15 is 0 Å². The molecule has 0 bridgehead atoms. The van der Waals surface area contributed by atoms with Crippen molar-refractivity contribution in [2.45, 2.75) is 36.4 Å². The molecule has 1 atom stereocenters. The van der Waals surface area contributed by atoms with E-state index in [0.717, 1.165) is 41.6 Å². The quantitative estimate of drug-likeness (QED) is 0.611. The van der Waals surface area contributed by atoms with Crippen molar-refractivity contribution in [3.8, 4) is 11.4 Å². The molecule has 1 saturated heterocycles. The molecule has 1 N–H and O–H groups in total.